The van der Waals surface area contributed by atoms with Crippen molar-refractivity contribution in [3.05, 3.63) is 126 Å². The van der Waals surface area contributed by atoms with E-state index in [1.54, 1.807) is 0 Å². The van der Waals surface area contributed by atoms with Gasteiger partial charge in [0.2, 0.25) is 35.4 Å². The average molecular weight is 673 g/mol. The van der Waals surface area contributed by atoms with Crippen LogP contribution in [0.1, 0.15) is 25.0 Å². The molecule has 0 heterocycles. The van der Waals surface area contributed by atoms with Gasteiger partial charge in [0.25, 0.3) is 11.7 Å². The minimum absolute atomic E-state index is 0.185. The third-order valence-corrected chi connectivity index (χ3v) is 7.15. The monoisotopic (exact) mass is 672 g/mol. The van der Waals surface area contributed by atoms with Gasteiger partial charge in [-0.2, -0.15) is 17.6 Å². The zero-order valence-corrected chi connectivity index (χ0v) is 25.0. The lowest BCUT2D eigenvalue weighted by molar-refractivity contribution is -0.619. The second-order valence-electron chi connectivity index (χ2n) is 10.0. The lowest BCUT2D eigenvalue weighted by Gasteiger charge is -2.35. The number of benzene rings is 2. The first-order valence-corrected chi connectivity index (χ1v) is 13.8. The fourth-order valence-electron chi connectivity index (χ4n) is 4.83. The van der Waals surface area contributed by atoms with Crippen molar-refractivity contribution in [3.8, 4) is 11.5 Å². The largest absolute Gasteiger partial charge is 0.452 e. The number of nitro groups is 2. The molecule has 0 aliphatic heterocycles. The molecule has 0 amide bonds. The van der Waals surface area contributed by atoms with Crippen molar-refractivity contribution in [2.75, 3.05) is 13.2 Å². The van der Waals surface area contributed by atoms with E-state index in [1.807, 2.05) is 0 Å². The van der Waals surface area contributed by atoms with Gasteiger partial charge in [0.15, 0.2) is 11.7 Å². The first-order valence-electron chi connectivity index (χ1n) is 13.8. The SMILES string of the molecule is CCOC1C(F)=C(OC2=C(F)C(OCC)C(Oc3ccccc3C)([N+](=O)[O-])C(F)=C2F)C(F)=C(F)C1(Oc1ccccc1C)[N+](=O)[O-]. The van der Waals surface area contributed by atoms with Crippen molar-refractivity contribution in [2.45, 2.75) is 51.4 Å². The van der Waals surface area contributed by atoms with E-state index in [2.05, 4.69) is 0 Å². The Morgan fingerprint density at radius 1 is 0.660 bits per heavy atom. The fraction of sp³-hybridized carbons (Fsp3) is 0.333. The average Bonchev–Trinajstić information content (AvgIpc) is 3.03. The molecule has 0 radical (unpaired) electrons. The molecule has 252 valence electrons. The Morgan fingerprint density at radius 2 is 1.00 bits per heavy atom. The van der Waals surface area contributed by atoms with Crippen LogP contribution in [-0.2, 0) is 14.2 Å². The molecule has 17 heteroatoms. The number of hydrogen-bond donors (Lipinski definition) is 0. The Labute approximate surface area is 262 Å². The van der Waals surface area contributed by atoms with Crippen LogP contribution in [0.5, 0.6) is 11.5 Å². The molecule has 2 aliphatic rings. The van der Waals surface area contributed by atoms with E-state index in [-0.39, 0.29) is 22.6 Å². The molecule has 0 N–H and O–H groups in total. The Kier molecular flexibility index (Phi) is 10.0. The highest BCUT2D eigenvalue weighted by atomic mass is 19.2. The predicted molar refractivity (Wildman–Crippen MR) is 150 cm³/mol. The molecule has 4 rings (SSSR count). The number of aryl methyl sites for hydroxylation is 2. The molecule has 2 aromatic rings. The maximum absolute atomic E-state index is 16.0. The number of allylic oxidation sites excluding steroid dienone is 2. The number of halogens is 6. The quantitative estimate of drug-likeness (QED) is 0.0992. The van der Waals surface area contributed by atoms with Crippen molar-refractivity contribution in [1.82, 2.24) is 0 Å². The molecule has 0 aromatic heterocycles. The summed E-state index contributed by atoms with van der Waals surface area (Å²) in [5.41, 5.74) is -7.13. The molecule has 11 nitrogen and oxygen atoms in total. The van der Waals surface area contributed by atoms with E-state index in [1.165, 1.54) is 64.1 Å². The standard InChI is InChI=1S/C30H26F6N2O9/c1-5-43-27-21(33)23(19(31)25(35)29(27,37(39)40)46-17-13-9-7-11-15(17)3)45-24-20(32)26(36)30(38(41)42,28(22(24)34)44-6-2)47-18-14-10-8-12-16(18)4/h7-14,27-28H,5-6H2,1-4H3. The summed E-state index contributed by atoms with van der Waals surface area (Å²) >= 11 is 0. The molecule has 0 fully saturated rings. The summed E-state index contributed by atoms with van der Waals surface area (Å²) in [5.74, 6) is -18.9. The highest BCUT2D eigenvalue weighted by Gasteiger charge is 2.69. The molecule has 2 aromatic carbocycles. The fourth-order valence-corrected chi connectivity index (χ4v) is 4.83. The molecule has 4 atom stereocenters. The predicted octanol–water partition coefficient (Wildman–Crippen LogP) is 7.22. The van der Waals surface area contributed by atoms with Crippen LogP contribution in [0.3, 0.4) is 0 Å². The van der Waals surface area contributed by atoms with Crippen molar-refractivity contribution in [2.24, 2.45) is 0 Å². The molecule has 47 heavy (non-hydrogen) atoms. The Morgan fingerprint density at radius 3 is 1.30 bits per heavy atom. The van der Waals surface area contributed by atoms with Crippen LogP contribution in [0.2, 0.25) is 0 Å². The van der Waals surface area contributed by atoms with Crippen LogP contribution >= 0.6 is 0 Å². The van der Waals surface area contributed by atoms with Crippen molar-refractivity contribution in [1.29, 1.82) is 0 Å². The van der Waals surface area contributed by atoms with Gasteiger partial charge in [-0.1, -0.05) is 36.4 Å². The third-order valence-electron chi connectivity index (χ3n) is 7.15. The van der Waals surface area contributed by atoms with E-state index in [4.69, 9.17) is 23.7 Å². The molecule has 0 saturated carbocycles. The normalized spacial score (nSPS) is 24.9. The molecule has 0 spiro atoms. The first-order chi connectivity index (χ1) is 22.2. The van der Waals surface area contributed by atoms with Crippen molar-refractivity contribution in [3.63, 3.8) is 0 Å². The zero-order valence-electron chi connectivity index (χ0n) is 25.0. The molecular weight excluding hydrogens is 646 g/mol. The second kappa shape index (κ2) is 13.4. The third kappa shape index (κ3) is 5.69. The number of rotatable bonds is 12. The lowest BCUT2D eigenvalue weighted by atomic mass is 9.95. The zero-order chi connectivity index (χ0) is 34.8. The van der Waals surface area contributed by atoms with Gasteiger partial charge in [0.1, 0.15) is 11.5 Å². The highest BCUT2D eigenvalue weighted by molar-refractivity contribution is 5.45. The molecule has 2 aliphatic carbocycles. The number of hydrogen-bond acceptors (Lipinski definition) is 9. The van der Waals surface area contributed by atoms with Crippen molar-refractivity contribution < 1.29 is 59.9 Å². The maximum atomic E-state index is 16.0. The first kappa shape index (κ1) is 35.0. The van der Waals surface area contributed by atoms with Crippen LogP contribution in [-0.4, -0.2) is 46.7 Å². The van der Waals surface area contributed by atoms with Gasteiger partial charge >= 0.3 is 11.4 Å². The van der Waals surface area contributed by atoms with E-state index in [0.717, 1.165) is 12.1 Å². The summed E-state index contributed by atoms with van der Waals surface area (Å²) in [5, 5.41) is 24.6. The minimum atomic E-state index is -3.75. The van der Waals surface area contributed by atoms with Gasteiger partial charge in [-0.05, 0) is 51.0 Å². The topological polar surface area (TPSA) is 132 Å². The van der Waals surface area contributed by atoms with E-state index < -0.39 is 93.2 Å². The number of nitrogens with zero attached hydrogens (tertiary/aromatic N) is 2. The van der Waals surface area contributed by atoms with E-state index in [9.17, 15) is 20.2 Å². The minimum Gasteiger partial charge on any atom is -0.445 e. The van der Waals surface area contributed by atoms with Crippen LogP contribution in [0.4, 0.5) is 26.3 Å². The Bertz CT molecular complexity index is 1610. The van der Waals surface area contributed by atoms with E-state index in [0.29, 0.717) is 0 Å². The van der Waals surface area contributed by atoms with E-state index >= 15 is 26.3 Å². The second-order valence-corrected chi connectivity index (χ2v) is 10.0. The molecule has 4 unspecified atom stereocenters. The maximum Gasteiger partial charge on any atom is 0.452 e. The van der Waals surface area contributed by atoms with Gasteiger partial charge in [-0.3, -0.25) is 20.2 Å². The molecule has 0 bridgehead atoms. The van der Waals surface area contributed by atoms with Gasteiger partial charge in [-0.15, -0.1) is 0 Å². The number of para-hydroxylation sites is 2. The highest BCUT2D eigenvalue weighted by Crippen LogP contribution is 2.49. The van der Waals surface area contributed by atoms with Crippen LogP contribution in [0.25, 0.3) is 0 Å². The van der Waals surface area contributed by atoms with Gasteiger partial charge in [0, 0.05) is 13.2 Å². The summed E-state index contributed by atoms with van der Waals surface area (Å²) in [6.45, 7) is 4.06. The molecular formula is C30H26F6N2O9. The summed E-state index contributed by atoms with van der Waals surface area (Å²) in [7, 11) is 0. The van der Waals surface area contributed by atoms with Gasteiger partial charge in [0.05, 0.1) is 9.85 Å². The van der Waals surface area contributed by atoms with Crippen LogP contribution in [0, 0.1) is 34.1 Å². The summed E-state index contributed by atoms with van der Waals surface area (Å²) < 4.78 is 120. The van der Waals surface area contributed by atoms with Gasteiger partial charge in [-0.25, -0.2) is 8.78 Å². The summed E-state index contributed by atoms with van der Waals surface area (Å²) in [6.07, 6.45) is -5.55. The van der Waals surface area contributed by atoms with Crippen molar-refractivity contribution >= 4 is 0 Å². The summed E-state index contributed by atoms with van der Waals surface area (Å²) in [6, 6.07) is 10.7. The number of ether oxygens (including phenoxy) is 5. The van der Waals surface area contributed by atoms with Crippen LogP contribution in [0.15, 0.2) is 95.0 Å². The Hall–Kier alpha value is -4.90. The van der Waals surface area contributed by atoms with Gasteiger partial charge < -0.3 is 23.7 Å². The molecule has 0 saturated heterocycles. The van der Waals surface area contributed by atoms with Crippen LogP contribution < -0.4 is 9.47 Å². The summed E-state index contributed by atoms with van der Waals surface area (Å²) in [4.78, 5) is 21.6. The lowest BCUT2D eigenvalue weighted by Crippen LogP contribution is -2.59. The Balaban J connectivity index is 1.89. The smallest absolute Gasteiger partial charge is 0.445 e.